The number of carboxylic acid groups (broad SMARTS) is 1. The van der Waals surface area contributed by atoms with E-state index in [1.807, 2.05) is 0 Å². The molecule has 0 bridgehead atoms. The number of primary amides is 1. The van der Waals surface area contributed by atoms with Gasteiger partial charge in [-0.1, -0.05) is 0 Å². The van der Waals surface area contributed by atoms with Crippen molar-refractivity contribution in [1.29, 1.82) is 0 Å². The number of unbranched alkanes of at least 4 members (excludes halogenated alkanes) is 1. The van der Waals surface area contributed by atoms with Crippen molar-refractivity contribution in [2.75, 3.05) is 19.6 Å². The molecule has 210 valence electrons. The highest BCUT2D eigenvalue weighted by atomic mass is 16.4. The number of guanidine groups is 1. The van der Waals surface area contributed by atoms with Crippen molar-refractivity contribution in [2.45, 2.75) is 82.0 Å². The SMILES string of the molecule is NCCCCC(NC(=O)C(N)CCC(N)=O)C(=O)N1CCCC1C(=O)NC(CCCN=C(N)N)C(=O)O. The molecule has 4 amide bonds. The minimum atomic E-state index is -1.22. The van der Waals surface area contributed by atoms with E-state index in [1.165, 1.54) is 4.90 Å². The normalized spacial score (nSPS) is 17.4. The second-order valence-corrected chi connectivity index (χ2v) is 8.99. The lowest BCUT2D eigenvalue weighted by Crippen LogP contribution is -2.56. The molecule has 1 aliphatic rings. The van der Waals surface area contributed by atoms with Gasteiger partial charge in [-0.05, 0) is 57.9 Å². The molecule has 0 aromatic carbocycles. The first-order valence-corrected chi connectivity index (χ1v) is 12.4. The van der Waals surface area contributed by atoms with Crippen molar-refractivity contribution >= 4 is 35.6 Å². The number of carbonyl (C=O) groups excluding carboxylic acids is 4. The first kappa shape index (κ1) is 31.6. The van der Waals surface area contributed by atoms with Crippen LogP contribution in [-0.4, -0.2) is 89.4 Å². The number of carboxylic acids is 1. The molecule has 4 atom stereocenters. The maximum Gasteiger partial charge on any atom is 0.326 e. The third-order valence-corrected chi connectivity index (χ3v) is 6.00. The lowest BCUT2D eigenvalue weighted by atomic mass is 10.0. The van der Waals surface area contributed by atoms with Crippen LogP contribution >= 0.6 is 0 Å². The maximum atomic E-state index is 13.4. The fourth-order valence-corrected chi connectivity index (χ4v) is 3.99. The van der Waals surface area contributed by atoms with E-state index in [4.69, 9.17) is 28.7 Å². The van der Waals surface area contributed by atoms with Crippen LogP contribution in [0, 0.1) is 0 Å². The topological polar surface area (TPSA) is 275 Å². The van der Waals surface area contributed by atoms with Gasteiger partial charge in [0, 0.05) is 19.5 Å². The van der Waals surface area contributed by atoms with Gasteiger partial charge in [-0.3, -0.25) is 24.2 Å². The van der Waals surface area contributed by atoms with Crippen LogP contribution in [0.3, 0.4) is 0 Å². The van der Waals surface area contributed by atoms with Gasteiger partial charge in [-0.2, -0.15) is 0 Å². The van der Waals surface area contributed by atoms with Gasteiger partial charge in [0.15, 0.2) is 5.96 Å². The number of hydrogen-bond acceptors (Lipinski definition) is 8. The number of aliphatic imine (C=N–C) groups is 1. The van der Waals surface area contributed by atoms with Crippen LogP contribution < -0.4 is 39.3 Å². The molecule has 15 nitrogen and oxygen atoms in total. The van der Waals surface area contributed by atoms with E-state index in [9.17, 15) is 29.1 Å². The Kier molecular flexibility index (Phi) is 13.9. The Morgan fingerprint density at radius 2 is 1.65 bits per heavy atom. The van der Waals surface area contributed by atoms with E-state index >= 15 is 0 Å². The zero-order chi connectivity index (χ0) is 28.0. The van der Waals surface area contributed by atoms with Gasteiger partial charge in [0.2, 0.25) is 23.6 Å². The predicted molar refractivity (Wildman–Crippen MR) is 135 cm³/mol. The van der Waals surface area contributed by atoms with Gasteiger partial charge >= 0.3 is 5.97 Å². The van der Waals surface area contributed by atoms with E-state index in [0.29, 0.717) is 38.6 Å². The molecule has 37 heavy (non-hydrogen) atoms. The lowest BCUT2D eigenvalue weighted by molar-refractivity contribution is -0.145. The van der Waals surface area contributed by atoms with Crippen LogP contribution in [0.4, 0.5) is 0 Å². The first-order chi connectivity index (χ1) is 17.5. The van der Waals surface area contributed by atoms with E-state index in [1.54, 1.807) is 0 Å². The number of aliphatic carboxylic acids is 1. The number of likely N-dealkylation sites (tertiary alicyclic amines) is 1. The molecule has 0 spiro atoms. The predicted octanol–water partition coefficient (Wildman–Crippen LogP) is -3.19. The van der Waals surface area contributed by atoms with Crippen molar-refractivity contribution in [2.24, 2.45) is 33.7 Å². The Morgan fingerprint density at radius 3 is 2.24 bits per heavy atom. The molecular formula is C22H41N9O6. The summed E-state index contributed by atoms with van der Waals surface area (Å²) in [6.45, 7) is 0.888. The summed E-state index contributed by atoms with van der Waals surface area (Å²) < 4.78 is 0. The molecule has 4 unspecified atom stereocenters. The molecule has 1 fully saturated rings. The summed E-state index contributed by atoms with van der Waals surface area (Å²) in [5.41, 5.74) is 27.0. The smallest absolute Gasteiger partial charge is 0.326 e. The number of nitrogens with one attached hydrogen (secondary N) is 2. The van der Waals surface area contributed by atoms with Crippen molar-refractivity contribution in [1.82, 2.24) is 15.5 Å². The molecular weight excluding hydrogens is 486 g/mol. The molecule has 15 heteroatoms. The number of nitrogens with two attached hydrogens (primary N) is 5. The van der Waals surface area contributed by atoms with Crippen molar-refractivity contribution in [3.8, 4) is 0 Å². The molecule has 0 aromatic heterocycles. The van der Waals surface area contributed by atoms with Gasteiger partial charge in [-0.25, -0.2) is 4.79 Å². The number of amides is 4. The number of carbonyl (C=O) groups is 5. The Morgan fingerprint density at radius 1 is 0.973 bits per heavy atom. The summed E-state index contributed by atoms with van der Waals surface area (Å²) in [6, 6.07) is -4.06. The van der Waals surface area contributed by atoms with E-state index in [-0.39, 0.29) is 44.7 Å². The van der Waals surface area contributed by atoms with Gasteiger partial charge < -0.3 is 49.3 Å². The van der Waals surface area contributed by atoms with Crippen LogP contribution in [0.1, 0.15) is 57.8 Å². The highest BCUT2D eigenvalue weighted by molar-refractivity contribution is 5.94. The van der Waals surface area contributed by atoms with Gasteiger partial charge in [-0.15, -0.1) is 0 Å². The highest BCUT2D eigenvalue weighted by Gasteiger charge is 2.39. The molecule has 1 aliphatic heterocycles. The minimum absolute atomic E-state index is 0.0272. The van der Waals surface area contributed by atoms with Crippen LogP contribution in [-0.2, 0) is 24.0 Å². The molecule has 0 aliphatic carbocycles. The molecule has 1 rings (SSSR count). The van der Waals surface area contributed by atoms with Crippen LogP contribution in [0.25, 0.3) is 0 Å². The molecule has 0 saturated carbocycles. The van der Waals surface area contributed by atoms with Gasteiger partial charge in [0.1, 0.15) is 18.1 Å². The minimum Gasteiger partial charge on any atom is -0.480 e. The fourth-order valence-electron chi connectivity index (χ4n) is 3.99. The Balaban J connectivity index is 2.89. The van der Waals surface area contributed by atoms with Gasteiger partial charge in [0.25, 0.3) is 0 Å². The largest absolute Gasteiger partial charge is 0.480 e. The van der Waals surface area contributed by atoms with Crippen molar-refractivity contribution in [3.63, 3.8) is 0 Å². The Hall–Kier alpha value is -3.46. The Labute approximate surface area is 215 Å². The summed E-state index contributed by atoms with van der Waals surface area (Å²) in [6.07, 6.45) is 2.70. The fraction of sp³-hybridized carbons (Fsp3) is 0.727. The van der Waals surface area contributed by atoms with E-state index in [2.05, 4.69) is 15.6 Å². The van der Waals surface area contributed by atoms with E-state index < -0.39 is 53.8 Å². The molecule has 1 heterocycles. The number of nitrogens with zero attached hydrogens (tertiary/aromatic N) is 2. The van der Waals surface area contributed by atoms with Crippen molar-refractivity contribution in [3.05, 3.63) is 0 Å². The molecule has 1 saturated heterocycles. The average molecular weight is 528 g/mol. The second-order valence-electron chi connectivity index (χ2n) is 8.99. The third kappa shape index (κ3) is 11.4. The third-order valence-electron chi connectivity index (χ3n) is 6.00. The molecule has 0 radical (unpaired) electrons. The highest BCUT2D eigenvalue weighted by Crippen LogP contribution is 2.20. The monoisotopic (exact) mass is 527 g/mol. The maximum absolute atomic E-state index is 13.4. The summed E-state index contributed by atoms with van der Waals surface area (Å²) in [5, 5.41) is 14.6. The van der Waals surface area contributed by atoms with Gasteiger partial charge in [0.05, 0.1) is 6.04 Å². The first-order valence-electron chi connectivity index (χ1n) is 12.4. The van der Waals surface area contributed by atoms with Crippen LogP contribution in [0.5, 0.6) is 0 Å². The van der Waals surface area contributed by atoms with Crippen LogP contribution in [0.2, 0.25) is 0 Å². The summed E-state index contributed by atoms with van der Waals surface area (Å²) in [5.74, 6) is -3.60. The Bertz CT molecular complexity index is 833. The van der Waals surface area contributed by atoms with Crippen LogP contribution in [0.15, 0.2) is 4.99 Å². The second kappa shape index (κ2) is 16.3. The molecule has 0 aromatic rings. The standard InChI is InChI=1S/C22H41N9O6/c23-10-2-1-5-14(29-18(33)13(24)8-9-17(25)32)20(35)31-12-4-7-16(31)19(34)30-15(21(36)37)6-3-11-28-22(26)27/h13-16H,1-12,23-24H2,(H2,25,32)(H,29,33)(H,30,34)(H,36,37)(H4,26,27,28). The molecule has 13 N–H and O–H groups in total. The van der Waals surface area contributed by atoms with Crippen molar-refractivity contribution < 1.29 is 29.1 Å². The zero-order valence-electron chi connectivity index (χ0n) is 21.1. The summed E-state index contributed by atoms with van der Waals surface area (Å²) in [7, 11) is 0. The number of hydrogen-bond donors (Lipinski definition) is 8. The summed E-state index contributed by atoms with van der Waals surface area (Å²) in [4.78, 5) is 66.7. The number of rotatable bonds is 17. The summed E-state index contributed by atoms with van der Waals surface area (Å²) >= 11 is 0. The zero-order valence-corrected chi connectivity index (χ0v) is 21.1. The quantitative estimate of drug-likeness (QED) is 0.0532. The van der Waals surface area contributed by atoms with E-state index in [0.717, 1.165) is 0 Å². The lowest BCUT2D eigenvalue weighted by Gasteiger charge is -2.30. The average Bonchev–Trinajstić information content (AvgIpc) is 3.33.